The van der Waals surface area contributed by atoms with Crippen LogP contribution in [-0.4, -0.2) is 34.8 Å². The zero-order valence-electron chi connectivity index (χ0n) is 13.0. The van der Waals surface area contributed by atoms with E-state index in [-0.39, 0.29) is 23.8 Å². The van der Waals surface area contributed by atoms with Gasteiger partial charge in [0.25, 0.3) is 0 Å². The second kappa shape index (κ2) is 6.40. The Balaban J connectivity index is 3.10. The third-order valence-corrected chi connectivity index (χ3v) is 4.33. The summed E-state index contributed by atoms with van der Waals surface area (Å²) in [4.78, 5) is 27.0. The standard InChI is InChI=1S/C15H28N2O2/c1-6-9-10-17-13(18)12(11(4)5)16-14(19)15(17,7-2)8-3/h11-12H,6-10H2,1-5H3,(H,16,19). The highest BCUT2D eigenvalue weighted by Gasteiger charge is 2.50. The van der Waals surface area contributed by atoms with E-state index >= 15 is 0 Å². The van der Waals surface area contributed by atoms with Gasteiger partial charge in [0.1, 0.15) is 11.6 Å². The molecule has 1 unspecified atom stereocenters. The molecule has 1 atom stereocenters. The molecule has 0 bridgehead atoms. The largest absolute Gasteiger partial charge is 0.342 e. The molecule has 0 radical (unpaired) electrons. The van der Waals surface area contributed by atoms with Gasteiger partial charge < -0.3 is 10.2 Å². The van der Waals surface area contributed by atoms with Gasteiger partial charge in [0.05, 0.1) is 0 Å². The molecule has 0 aliphatic carbocycles. The zero-order chi connectivity index (χ0) is 14.6. The number of nitrogens with zero attached hydrogens (tertiary/aromatic N) is 1. The van der Waals surface area contributed by atoms with Crippen LogP contribution >= 0.6 is 0 Å². The summed E-state index contributed by atoms with van der Waals surface area (Å²) < 4.78 is 0. The Hall–Kier alpha value is -1.06. The second-order valence-corrected chi connectivity index (χ2v) is 5.78. The van der Waals surface area contributed by atoms with Gasteiger partial charge in [0.15, 0.2) is 0 Å². The van der Waals surface area contributed by atoms with Crippen LogP contribution in [0.2, 0.25) is 0 Å². The van der Waals surface area contributed by atoms with E-state index in [4.69, 9.17) is 0 Å². The van der Waals surface area contributed by atoms with Gasteiger partial charge in [-0.3, -0.25) is 9.59 Å². The lowest BCUT2D eigenvalue weighted by Crippen LogP contribution is -2.71. The number of amides is 2. The molecule has 0 aromatic rings. The molecule has 0 aromatic carbocycles. The fourth-order valence-corrected chi connectivity index (χ4v) is 2.88. The number of rotatable bonds is 6. The lowest BCUT2D eigenvalue weighted by Gasteiger charge is -2.48. The van der Waals surface area contributed by atoms with Crippen LogP contribution in [0.4, 0.5) is 0 Å². The van der Waals surface area contributed by atoms with Crippen molar-refractivity contribution in [3.8, 4) is 0 Å². The maximum absolute atomic E-state index is 12.7. The molecule has 2 amide bonds. The quantitative estimate of drug-likeness (QED) is 0.803. The van der Waals surface area contributed by atoms with Crippen molar-refractivity contribution < 1.29 is 9.59 Å². The predicted octanol–water partition coefficient (Wildman–Crippen LogP) is 2.33. The fourth-order valence-electron chi connectivity index (χ4n) is 2.88. The maximum Gasteiger partial charge on any atom is 0.246 e. The molecule has 0 aromatic heterocycles. The highest BCUT2D eigenvalue weighted by atomic mass is 16.2. The van der Waals surface area contributed by atoms with Crippen LogP contribution in [-0.2, 0) is 9.59 Å². The number of hydrogen-bond donors (Lipinski definition) is 1. The lowest BCUT2D eigenvalue weighted by atomic mass is 9.84. The van der Waals surface area contributed by atoms with Crippen molar-refractivity contribution in [2.24, 2.45) is 5.92 Å². The lowest BCUT2D eigenvalue weighted by molar-refractivity contribution is -0.159. The minimum absolute atomic E-state index is 0.0203. The van der Waals surface area contributed by atoms with Gasteiger partial charge in [-0.05, 0) is 25.2 Å². The fraction of sp³-hybridized carbons (Fsp3) is 0.867. The first-order chi connectivity index (χ1) is 8.94. The van der Waals surface area contributed by atoms with E-state index < -0.39 is 5.54 Å². The molecule has 1 heterocycles. The van der Waals surface area contributed by atoms with Crippen LogP contribution in [0.3, 0.4) is 0 Å². The summed E-state index contributed by atoms with van der Waals surface area (Å²) >= 11 is 0. The molecule has 1 saturated heterocycles. The van der Waals surface area contributed by atoms with Crippen LogP contribution in [0, 0.1) is 5.92 Å². The van der Waals surface area contributed by atoms with E-state index in [1.807, 2.05) is 32.6 Å². The minimum Gasteiger partial charge on any atom is -0.342 e. The van der Waals surface area contributed by atoms with Gasteiger partial charge >= 0.3 is 0 Å². The molecule has 1 aliphatic heterocycles. The first-order valence-electron chi connectivity index (χ1n) is 7.57. The molecular formula is C15H28N2O2. The Morgan fingerprint density at radius 1 is 1.21 bits per heavy atom. The number of piperazine rings is 1. The molecule has 1 N–H and O–H groups in total. The van der Waals surface area contributed by atoms with Gasteiger partial charge in [-0.25, -0.2) is 0 Å². The number of nitrogens with one attached hydrogen (secondary N) is 1. The normalized spacial score (nSPS) is 22.8. The van der Waals surface area contributed by atoms with Crippen molar-refractivity contribution >= 4 is 11.8 Å². The second-order valence-electron chi connectivity index (χ2n) is 5.78. The summed E-state index contributed by atoms with van der Waals surface area (Å²) in [7, 11) is 0. The van der Waals surface area contributed by atoms with Gasteiger partial charge in [0, 0.05) is 6.54 Å². The highest BCUT2D eigenvalue weighted by molar-refractivity contribution is 5.99. The molecule has 110 valence electrons. The van der Waals surface area contributed by atoms with Crippen LogP contribution in [0.5, 0.6) is 0 Å². The van der Waals surface area contributed by atoms with Crippen molar-refractivity contribution in [3.05, 3.63) is 0 Å². The number of carbonyl (C=O) groups is 2. The first-order valence-corrected chi connectivity index (χ1v) is 7.57. The molecule has 0 spiro atoms. The van der Waals surface area contributed by atoms with E-state index in [1.54, 1.807) is 0 Å². The highest BCUT2D eigenvalue weighted by Crippen LogP contribution is 2.30. The third-order valence-electron chi connectivity index (χ3n) is 4.33. The smallest absolute Gasteiger partial charge is 0.246 e. The van der Waals surface area contributed by atoms with Crippen molar-refractivity contribution in [2.75, 3.05) is 6.54 Å². The first kappa shape index (κ1) is 16.0. The average molecular weight is 268 g/mol. The number of hydrogen-bond acceptors (Lipinski definition) is 2. The molecular weight excluding hydrogens is 240 g/mol. The summed E-state index contributed by atoms with van der Waals surface area (Å²) in [5.74, 6) is 0.242. The van der Waals surface area contributed by atoms with Gasteiger partial charge in [-0.15, -0.1) is 0 Å². The van der Waals surface area contributed by atoms with Gasteiger partial charge in [-0.2, -0.15) is 0 Å². The molecule has 4 nitrogen and oxygen atoms in total. The Labute approximate surface area is 116 Å². The summed E-state index contributed by atoms with van der Waals surface area (Å²) in [6.45, 7) is 10.7. The molecule has 1 fully saturated rings. The summed E-state index contributed by atoms with van der Waals surface area (Å²) in [6.07, 6.45) is 3.33. The Morgan fingerprint density at radius 3 is 2.21 bits per heavy atom. The van der Waals surface area contributed by atoms with E-state index in [1.165, 1.54) is 0 Å². The monoisotopic (exact) mass is 268 g/mol. The Morgan fingerprint density at radius 2 is 1.79 bits per heavy atom. The molecule has 4 heteroatoms. The SMILES string of the molecule is CCCCN1C(=O)C(C(C)C)NC(=O)C1(CC)CC. The molecule has 1 aliphatic rings. The van der Waals surface area contributed by atoms with Crippen LogP contribution in [0.1, 0.15) is 60.3 Å². The van der Waals surface area contributed by atoms with Crippen molar-refractivity contribution in [1.29, 1.82) is 0 Å². The maximum atomic E-state index is 12.7. The van der Waals surface area contributed by atoms with Gasteiger partial charge in [0.2, 0.25) is 11.8 Å². The van der Waals surface area contributed by atoms with Gasteiger partial charge in [-0.1, -0.05) is 41.0 Å². The van der Waals surface area contributed by atoms with E-state index in [2.05, 4.69) is 12.2 Å². The van der Waals surface area contributed by atoms with E-state index in [9.17, 15) is 9.59 Å². The van der Waals surface area contributed by atoms with E-state index in [0.717, 1.165) is 12.8 Å². The summed E-state index contributed by atoms with van der Waals surface area (Å²) in [5.41, 5.74) is -0.641. The van der Waals surface area contributed by atoms with Crippen LogP contribution in [0.25, 0.3) is 0 Å². The number of carbonyl (C=O) groups excluding carboxylic acids is 2. The molecule has 0 saturated carbocycles. The van der Waals surface area contributed by atoms with Crippen molar-refractivity contribution in [1.82, 2.24) is 10.2 Å². The third kappa shape index (κ3) is 2.77. The van der Waals surface area contributed by atoms with Crippen molar-refractivity contribution in [3.63, 3.8) is 0 Å². The summed E-state index contributed by atoms with van der Waals surface area (Å²) in [6, 6.07) is -0.365. The Bertz CT molecular complexity index is 335. The topological polar surface area (TPSA) is 49.4 Å². The average Bonchev–Trinajstić information content (AvgIpc) is 2.39. The number of unbranched alkanes of at least 4 members (excludes halogenated alkanes) is 1. The minimum atomic E-state index is -0.641. The zero-order valence-corrected chi connectivity index (χ0v) is 13.0. The van der Waals surface area contributed by atoms with Crippen molar-refractivity contribution in [2.45, 2.75) is 71.9 Å². The molecule has 19 heavy (non-hydrogen) atoms. The Kier molecular flexibility index (Phi) is 5.39. The summed E-state index contributed by atoms with van der Waals surface area (Å²) in [5, 5.41) is 2.93. The van der Waals surface area contributed by atoms with Crippen LogP contribution in [0.15, 0.2) is 0 Å². The molecule has 1 rings (SSSR count). The van der Waals surface area contributed by atoms with E-state index in [0.29, 0.717) is 19.4 Å². The van der Waals surface area contributed by atoms with Crippen LogP contribution < -0.4 is 5.32 Å². The predicted molar refractivity (Wildman–Crippen MR) is 76.7 cm³/mol.